The van der Waals surface area contributed by atoms with Crippen LogP contribution in [-0.2, 0) is 17.9 Å². The molecule has 0 N–H and O–H groups in total. The first-order valence-corrected chi connectivity index (χ1v) is 7.93. The van der Waals surface area contributed by atoms with E-state index in [1.54, 1.807) is 6.92 Å². The monoisotopic (exact) mass is 345 g/mol. The van der Waals surface area contributed by atoms with Gasteiger partial charge in [0, 0.05) is 30.5 Å². The molecule has 21 heavy (non-hydrogen) atoms. The molecule has 0 aliphatic rings. The van der Waals surface area contributed by atoms with Crippen LogP contribution in [-0.4, -0.2) is 17.2 Å². The van der Waals surface area contributed by atoms with Gasteiger partial charge in [0.25, 0.3) is 0 Å². The van der Waals surface area contributed by atoms with Crippen molar-refractivity contribution in [3.8, 4) is 0 Å². The van der Waals surface area contributed by atoms with Crippen molar-refractivity contribution >= 4 is 21.7 Å². The van der Waals surface area contributed by atoms with E-state index < -0.39 is 0 Å². The van der Waals surface area contributed by atoms with Gasteiger partial charge in [-0.25, -0.2) is 0 Å². The van der Waals surface area contributed by atoms with Crippen LogP contribution >= 0.6 is 15.9 Å². The number of carbonyl (C=O) groups excluding carboxylic acids is 1. The van der Waals surface area contributed by atoms with Gasteiger partial charge in [0.1, 0.15) is 5.78 Å². The topological polar surface area (TPSA) is 20.3 Å². The van der Waals surface area contributed by atoms with Crippen molar-refractivity contribution in [3.05, 3.63) is 70.2 Å². The van der Waals surface area contributed by atoms with Crippen LogP contribution in [0.4, 0.5) is 0 Å². The molecule has 0 aromatic heterocycles. The Morgan fingerprint density at radius 2 is 1.67 bits per heavy atom. The van der Waals surface area contributed by atoms with Crippen LogP contribution in [0.25, 0.3) is 0 Å². The summed E-state index contributed by atoms with van der Waals surface area (Å²) in [5, 5.41) is 0. The number of benzene rings is 2. The third kappa shape index (κ3) is 5.44. The molecule has 0 aliphatic carbocycles. The second-order valence-electron chi connectivity index (χ2n) is 5.24. The van der Waals surface area contributed by atoms with Gasteiger partial charge >= 0.3 is 0 Å². The Morgan fingerprint density at radius 3 is 2.33 bits per heavy atom. The van der Waals surface area contributed by atoms with Crippen LogP contribution in [0.15, 0.2) is 59.1 Å². The van der Waals surface area contributed by atoms with Gasteiger partial charge in [0.05, 0.1) is 0 Å². The lowest BCUT2D eigenvalue weighted by Gasteiger charge is -2.22. The van der Waals surface area contributed by atoms with E-state index in [9.17, 15) is 4.79 Å². The molecule has 0 atom stereocenters. The Labute approximate surface area is 134 Å². The molecule has 0 spiro atoms. The molecule has 2 aromatic rings. The van der Waals surface area contributed by atoms with Gasteiger partial charge < -0.3 is 0 Å². The van der Waals surface area contributed by atoms with Crippen LogP contribution in [0.1, 0.15) is 24.5 Å². The summed E-state index contributed by atoms with van der Waals surface area (Å²) < 4.78 is 1.12. The number of halogens is 1. The Bertz CT molecular complexity index is 583. The van der Waals surface area contributed by atoms with Crippen LogP contribution < -0.4 is 0 Å². The maximum absolute atomic E-state index is 11.3. The second-order valence-corrected chi connectivity index (χ2v) is 6.09. The molecule has 0 saturated heterocycles. The van der Waals surface area contributed by atoms with E-state index in [1.807, 2.05) is 18.2 Å². The summed E-state index contributed by atoms with van der Waals surface area (Å²) >= 11 is 3.60. The first-order valence-electron chi connectivity index (χ1n) is 7.14. The highest BCUT2D eigenvalue weighted by Gasteiger charge is 2.10. The minimum absolute atomic E-state index is 0.236. The quantitative estimate of drug-likeness (QED) is 0.739. The van der Waals surface area contributed by atoms with E-state index >= 15 is 0 Å². The average Bonchev–Trinajstić information content (AvgIpc) is 2.48. The van der Waals surface area contributed by atoms with Gasteiger partial charge in [0.15, 0.2) is 0 Å². The molecular formula is C18H20BrNO. The molecule has 110 valence electrons. The third-order valence-corrected chi connectivity index (χ3v) is 4.15. The van der Waals surface area contributed by atoms with Gasteiger partial charge in [-0.1, -0.05) is 64.5 Å². The molecule has 2 nitrogen and oxygen atoms in total. The molecule has 0 saturated carbocycles. The first kappa shape index (κ1) is 15.9. The van der Waals surface area contributed by atoms with E-state index in [0.717, 1.165) is 24.1 Å². The van der Waals surface area contributed by atoms with E-state index in [4.69, 9.17) is 0 Å². The highest BCUT2D eigenvalue weighted by molar-refractivity contribution is 9.10. The summed E-state index contributed by atoms with van der Waals surface area (Å²) in [6, 6.07) is 18.6. The standard InChI is InChI=1S/C18H20BrNO/c1-15(21)11-12-20(13-16-7-3-2-4-8-16)14-17-9-5-6-10-18(17)19/h2-10H,11-14H2,1H3. The second kappa shape index (κ2) is 8.11. The van der Waals surface area contributed by atoms with Crippen molar-refractivity contribution in [3.63, 3.8) is 0 Å². The van der Waals surface area contributed by atoms with Crippen LogP contribution in [0, 0.1) is 0 Å². The largest absolute Gasteiger partial charge is 0.300 e. The number of carbonyl (C=O) groups is 1. The SMILES string of the molecule is CC(=O)CCN(Cc1ccccc1)Cc1ccccc1Br. The summed E-state index contributed by atoms with van der Waals surface area (Å²) in [4.78, 5) is 13.6. The Balaban J connectivity index is 2.08. The smallest absolute Gasteiger partial charge is 0.131 e. The third-order valence-electron chi connectivity index (χ3n) is 3.38. The van der Waals surface area contributed by atoms with Gasteiger partial charge in [-0.15, -0.1) is 0 Å². The lowest BCUT2D eigenvalue weighted by molar-refractivity contribution is -0.117. The summed E-state index contributed by atoms with van der Waals surface area (Å²) in [5.41, 5.74) is 2.52. The number of rotatable bonds is 7. The lowest BCUT2D eigenvalue weighted by Crippen LogP contribution is -2.25. The van der Waals surface area contributed by atoms with Gasteiger partial charge in [0.2, 0.25) is 0 Å². The Morgan fingerprint density at radius 1 is 1.00 bits per heavy atom. The fourth-order valence-electron chi connectivity index (χ4n) is 2.24. The predicted octanol–water partition coefficient (Wildman–Crippen LogP) is 4.43. The molecule has 0 radical (unpaired) electrons. The molecule has 0 amide bonds. The van der Waals surface area contributed by atoms with Gasteiger partial charge in [-0.3, -0.25) is 9.69 Å². The highest BCUT2D eigenvalue weighted by Crippen LogP contribution is 2.19. The molecule has 2 rings (SSSR count). The van der Waals surface area contributed by atoms with Crippen molar-refractivity contribution < 1.29 is 4.79 Å². The zero-order valence-electron chi connectivity index (χ0n) is 12.3. The predicted molar refractivity (Wildman–Crippen MR) is 90.0 cm³/mol. The summed E-state index contributed by atoms with van der Waals surface area (Å²) in [6.07, 6.45) is 0.595. The van der Waals surface area contributed by atoms with E-state index in [1.165, 1.54) is 11.1 Å². The molecule has 0 aliphatic heterocycles. The minimum Gasteiger partial charge on any atom is -0.300 e. The molecule has 3 heteroatoms. The van der Waals surface area contributed by atoms with Gasteiger partial charge in [-0.2, -0.15) is 0 Å². The summed E-state index contributed by atoms with van der Waals surface area (Å²) in [7, 11) is 0. The van der Waals surface area contributed by atoms with E-state index in [-0.39, 0.29) is 5.78 Å². The Kier molecular flexibility index (Phi) is 6.15. The lowest BCUT2D eigenvalue weighted by atomic mass is 10.1. The number of hydrogen-bond acceptors (Lipinski definition) is 2. The van der Waals surface area contributed by atoms with E-state index in [2.05, 4.69) is 57.2 Å². The minimum atomic E-state index is 0.236. The first-order chi connectivity index (χ1) is 10.1. The normalized spacial score (nSPS) is 10.8. The summed E-state index contributed by atoms with van der Waals surface area (Å²) in [6.45, 7) is 4.13. The van der Waals surface area contributed by atoms with Crippen molar-refractivity contribution in [1.82, 2.24) is 4.90 Å². The van der Waals surface area contributed by atoms with Crippen LogP contribution in [0.5, 0.6) is 0 Å². The molecule has 0 fully saturated rings. The summed E-state index contributed by atoms with van der Waals surface area (Å²) in [5.74, 6) is 0.236. The molecule has 2 aromatic carbocycles. The highest BCUT2D eigenvalue weighted by atomic mass is 79.9. The van der Waals surface area contributed by atoms with Crippen molar-refractivity contribution in [2.75, 3.05) is 6.54 Å². The average molecular weight is 346 g/mol. The van der Waals surface area contributed by atoms with Crippen LogP contribution in [0.2, 0.25) is 0 Å². The Hall–Kier alpha value is -1.45. The molecule has 0 bridgehead atoms. The van der Waals surface area contributed by atoms with Crippen molar-refractivity contribution in [2.24, 2.45) is 0 Å². The molecule has 0 heterocycles. The number of hydrogen-bond donors (Lipinski definition) is 0. The van der Waals surface area contributed by atoms with Crippen molar-refractivity contribution in [1.29, 1.82) is 0 Å². The fraction of sp³-hybridized carbons (Fsp3) is 0.278. The number of Topliss-reactive ketones (excluding diaryl/α,β-unsaturated/α-hetero) is 1. The number of nitrogens with zero attached hydrogens (tertiary/aromatic N) is 1. The van der Waals surface area contributed by atoms with Crippen LogP contribution in [0.3, 0.4) is 0 Å². The zero-order valence-corrected chi connectivity index (χ0v) is 13.8. The van der Waals surface area contributed by atoms with Crippen molar-refractivity contribution in [2.45, 2.75) is 26.4 Å². The maximum Gasteiger partial charge on any atom is 0.131 e. The number of ketones is 1. The molecular weight excluding hydrogens is 326 g/mol. The maximum atomic E-state index is 11.3. The van der Waals surface area contributed by atoms with E-state index in [0.29, 0.717) is 6.42 Å². The zero-order chi connectivity index (χ0) is 15.1. The molecule has 0 unspecified atom stereocenters. The van der Waals surface area contributed by atoms with Gasteiger partial charge in [-0.05, 0) is 24.1 Å². The fourth-order valence-corrected chi connectivity index (χ4v) is 2.65.